The fourth-order valence-corrected chi connectivity index (χ4v) is 2.31. The number of aliphatic carboxylic acids is 1. The van der Waals surface area contributed by atoms with Gasteiger partial charge >= 0.3 is 11.9 Å². The number of esters is 1. The molecule has 0 bridgehead atoms. The second-order valence-electron chi connectivity index (χ2n) is 5.72. The molecule has 0 fully saturated rings. The number of ether oxygens (including phenoxy) is 1. The second kappa shape index (κ2) is 13.9. The molecule has 0 amide bonds. The van der Waals surface area contributed by atoms with Crippen molar-refractivity contribution < 1.29 is 19.4 Å². The van der Waals surface area contributed by atoms with Crippen molar-refractivity contribution in [1.82, 2.24) is 0 Å². The molecular weight excluding hydrogens is 268 g/mol. The quantitative estimate of drug-likeness (QED) is 0.373. The number of carbonyl (C=O) groups is 2. The van der Waals surface area contributed by atoms with Gasteiger partial charge in [-0.15, -0.1) is 0 Å². The van der Waals surface area contributed by atoms with Crippen LogP contribution in [-0.4, -0.2) is 23.1 Å². The van der Waals surface area contributed by atoms with Gasteiger partial charge in [0, 0.05) is 6.42 Å². The third-order valence-electron chi connectivity index (χ3n) is 3.56. The molecule has 0 aliphatic rings. The molecule has 0 radical (unpaired) electrons. The van der Waals surface area contributed by atoms with E-state index >= 15 is 0 Å². The van der Waals surface area contributed by atoms with Crippen molar-refractivity contribution in [3.05, 3.63) is 0 Å². The molecule has 0 aromatic rings. The minimum absolute atomic E-state index is 0.0749. The van der Waals surface area contributed by atoms with E-state index in [1.807, 2.05) is 0 Å². The zero-order valence-corrected chi connectivity index (χ0v) is 13.7. The molecule has 0 saturated carbocycles. The lowest BCUT2D eigenvalue weighted by atomic mass is 10.1. The van der Waals surface area contributed by atoms with Crippen molar-refractivity contribution in [2.45, 2.75) is 97.0 Å². The molecule has 0 saturated heterocycles. The average Bonchev–Trinajstić information content (AvgIpc) is 2.42. The van der Waals surface area contributed by atoms with Crippen LogP contribution >= 0.6 is 0 Å². The van der Waals surface area contributed by atoms with E-state index in [9.17, 15) is 9.59 Å². The van der Waals surface area contributed by atoms with Crippen LogP contribution in [-0.2, 0) is 14.3 Å². The summed E-state index contributed by atoms with van der Waals surface area (Å²) in [6.45, 7) is 4.26. The molecule has 21 heavy (non-hydrogen) atoms. The Hall–Kier alpha value is -1.06. The van der Waals surface area contributed by atoms with Crippen LogP contribution in [0.5, 0.6) is 0 Å². The zero-order valence-electron chi connectivity index (χ0n) is 13.7. The zero-order chi connectivity index (χ0) is 15.9. The number of unbranched alkanes of at least 4 members (excludes halogenated alkanes) is 7. The van der Waals surface area contributed by atoms with Crippen LogP contribution < -0.4 is 0 Å². The Morgan fingerprint density at radius 2 is 1.48 bits per heavy atom. The lowest BCUT2D eigenvalue weighted by Crippen LogP contribution is -2.21. The van der Waals surface area contributed by atoms with E-state index < -0.39 is 12.1 Å². The van der Waals surface area contributed by atoms with Crippen LogP contribution in [0.4, 0.5) is 0 Å². The lowest BCUT2D eigenvalue weighted by Gasteiger charge is -2.16. The maximum Gasteiger partial charge on any atom is 0.307 e. The fourth-order valence-electron chi connectivity index (χ4n) is 2.31. The Balaban J connectivity index is 3.91. The number of carbonyl (C=O) groups excluding carboxylic acids is 1. The topological polar surface area (TPSA) is 63.6 Å². The van der Waals surface area contributed by atoms with Gasteiger partial charge in [-0.2, -0.15) is 0 Å². The first-order chi connectivity index (χ1) is 10.1. The van der Waals surface area contributed by atoms with Crippen LogP contribution in [0.25, 0.3) is 0 Å². The highest BCUT2D eigenvalue weighted by molar-refractivity contribution is 5.71. The van der Waals surface area contributed by atoms with Crippen LogP contribution in [0, 0.1) is 0 Å². The Morgan fingerprint density at radius 1 is 0.905 bits per heavy atom. The fraction of sp³-hybridized carbons (Fsp3) is 0.882. The van der Waals surface area contributed by atoms with Gasteiger partial charge in [0.05, 0.1) is 6.42 Å². The van der Waals surface area contributed by atoms with E-state index in [-0.39, 0.29) is 12.4 Å². The molecule has 1 N–H and O–H groups in total. The first kappa shape index (κ1) is 19.9. The first-order valence-corrected chi connectivity index (χ1v) is 8.51. The molecule has 124 valence electrons. The van der Waals surface area contributed by atoms with Crippen molar-refractivity contribution in [2.24, 2.45) is 0 Å². The maximum absolute atomic E-state index is 11.7. The molecule has 0 rings (SSSR count). The second-order valence-corrected chi connectivity index (χ2v) is 5.72. The molecular formula is C17H32O4. The van der Waals surface area contributed by atoms with E-state index in [0.29, 0.717) is 12.8 Å². The van der Waals surface area contributed by atoms with E-state index in [2.05, 4.69) is 13.8 Å². The van der Waals surface area contributed by atoms with Gasteiger partial charge in [0.25, 0.3) is 0 Å². The molecule has 0 aliphatic carbocycles. The SMILES string of the molecule is CCCCCCCCC(CC(=O)O)OC(=O)CCCCC. The molecule has 4 heteroatoms. The molecule has 0 heterocycles. The normalized spacial score (nSPS) is 12.1. The van der Waals surface area contributed by atoms with E-state index in [0.717, 1.165) is 32.1 Å². The van der Waals surface area contributed by atoms with Crippen molar-refractivity contribution in [3.63, 3.8) is 0 Å². The molecule has 0 aromatic heterocycles. The van der Waals surface area contributed by atoms with Gasteiger partial charge in [0.1, 0.15) is 6.10 Å². The predicted octanol–water partition coefficient (Wildman–Crippen LogP) is 4.70. The van der Waals surface area contributed by atoms with E-state index in [1.54, 1.807) is 0 Å². The Kier molecular flexibility index (Phi) is 13.2. The summed E-state index contributed by atoms with van der Waals surface area (Å²) < 4.78 is 5.32. The summed E-state index contributed by atoms with van der Waals surface area (Å²) in [4.78, 5) is 22.5. The van der Waals surface area contributed by atoms with Gasteiger partial charge < -0.3 is 9.84 Å². The smallest absolute Gasteiger partial charge is 0.307 e. The Labute approximate surface area is 129 Å². The summed E-state index contributed by atoms with van der Waals surface area (Å²) in [6, 6.07) is 0. The summed E-state index contributed by atoms with van der Waals surface area (Å²) in [5, 5.41) is 8.89. The van der Waals surface area contributed by atoms with E-state index in [4.69, 9.17) is 9.84 Å². The summed E-state index contributed by atoms with van der Waals surface area (Å²) in [5.41, 5.74) is 0. The number of hydrogen-bond donors (Lipinski definition) is 1. The average molecular weight is 300 g/mol. The minimum Gasteiger partial charge on any atom is -0.481 e. The maximum atomic E-state index is 11.7. The molecule has 1 unspecified atom stereocenters. The molecule has 0 aliphatic heterocycles. The molecule has 0 spiro atoms. The third kappa shape index (κ3) is 13.7. The highest BCUT2D eigenvalue weighted by atomic mass is 16.5. The standard InChI is InChI=1S/C17H32O4/c1-3-5-7-8-9-11-12-15(14-16(18)19)21-17(20)13-10-6-4-2/h15H,3-14H2,1-2H3,(H,18,19). The number of carboxylic acid groups (broad SMARTS) is 1. The summed E-state index contributed by atoms with van der Waals surface area (Å²) in [7, 11) is 0. The van der Waals surface area contributed by atoms with Gasteiger partial charge in [0.2, 0.25) is 0 Å². The van der Waals surface area contributed by atoms with Crippen molar-refractivity contribution in [3.8, 4) is 0 Å². The highest BCUT2D eigenvalue weighted by Crippen LogP contribution is 2.14. The summed E-state index contributed by atoms with van der Waals surface area (Å²) >= 11 is 0. The number of rotatable bonds is 14. The largest absolute Gasteiger partial charge is 0.481 e. The Bertz CT molecular complexity index is 276. The lowest BCUT2D eigenvalue weighted by molar-refractivity contribution is -0.153. The van der Waals surface area contributed by atoms with Crippen molar-refractivity contribution >= 4 is 11.9 Å². The van der Waals surface area contributed by atoms with Gasteiger partial charge in [-0.25, -0.2) is 0 Å². The van der Waals surface area contributed by atoms with Crippen LogP contribution in [0.15, 0.2) is 0 Å². The first-order valence-electron chi connectivity index (χ1n) is 8.51. The van der Waals surface area contributed by atoms with Crippen LogP contribution in [0.2, 0.25) is 0 Å². The summed E-state index contributed by atoms with van der Waals surface area (Å²) in [5.74, 6) is -1.15. The van der Waals surface area contributed by atoms with Crippen molar-refractivity contribution in [1.29, 1.82) is 0 Å². The van der Waals surface area contributed by atoms with Crippen LogP contribution in [0.3, 0.4) is 0 Å². The van der Waals surface area contributed by atoms with Gasteiger partial charge in [-0.1, -0.05) is 58.8 Å². The predicted molar refractivity (Wildman–Crippen MR) is 84.3 cm³/mol. The number of carboxylic acids is 1. The molecule has 4 nitrogen and oxygen atoms in total. The van der Waals surface area contributed by atoms with Crippen molar-refractivity contribution in [2.75, 3.05) is 0 Å². The minimum atomic E-state index is -0.896. The Morgan fingerprint density at radius 3 is 2.10 bits per heavy atom. The molecule has 0 aromatic carbocycles. The third-order valence-corrected chi connectivity index (χ3v) is 3.56. The molecule has 1 atom stereocenters. The van der Waals surface area contributed by atoms with Gasteiger partial charge in [0.15, 0.2) is 0 Å². The van der Waals surface area contributed by atoms with Gasteiger partial charge in [-0.05, 0) is 19.3 Å². The summed E-state index contributed by atoms with van der Waals surface area (Å²) in [6.07, 6.45) is 10.3. The monoisotopic (exact) mass is 300 g/mol. The number of hydrogen-bond acceptors (Lipinski definition) is 3. The van der Waals surface area contributed by atoms with Crippen LogP contribution in [0.1, 0.15) is 90.9 Å². The highest BCUT2D eigenvalue weighted by Gasteiger charge is 2.17. The van der Waals surface area contributed by atoms with Gasteiger partial charge in [-0.3, -0.25) is 9.59 Å². The van der Waals surface area contributed by atoms with E-state index in [1.165, 1.54) is 25.7 Å².